The van der Waals surface area contributed by atoms with E-state index in [0.29, 0.717) is 0 Å². The zero-order valence-corrected chi connectivity index (χ0v) is 12.0. The third-order valence-electron chi connectivity index (χ3n) is 4.29. The van der Waals surface area contributed by atoms with Crippen molar-refractivity contribution >= 4 is 0 Å². The van der Waals surface area contributed by atoms with Crippen molar-refractivity contribution < 1.29 is 0 Å². The van der Waals surface area contributed by atoms with Gasteiger partial charge in [-0.25, -0.2) is 0 Å². The minimum atomic E-state index is -0.0291. The summed E-state index contributed by atoms with van der Waals surface area (Å²) in [5.74, 6) is 0. The molecule has 102 valence electrons. The molecule has 2 aromatic rings. The summed E-state index contributed by atoms with van der Waals surface area (Å²) < 4.78 is 1.82. The van der Waals surface area contributed by atoms with Crippen LogP contribution in [-0.2, 0) is 12.5 Å². The maximum Gasteiger partial charge on any atom is 0.0537 e. The zero-order chi connectivity index (χ0) is 13.9. The lowest BCUT2D eigenvalue weighted by Crippen LogP contribution is -2.37. The predicted molar refractivity (Wildman–Crippen MR) is 78.8 cm³/mol. The molecule has 0 aliphatic heterocycles. The van der Waals surface area contributed by atoms with Crippen LogP contribution in [0.15, 0.2) is 42.7 Å². The molecule has 2 N–H and O–H groups in total. The van der Waals surface area contributed by atoms with Gasteiger partial charge in [0.2, 0.25) is 0 Å². The van der Waals surface area contributed by atoms with Crippen LogP contribution in [-0.4, -0.2) is 9.78 Å². The van der Waals surface area contributed by atoms with Crippen molar-refractivity contribution in [2.75, 3.05) is 0 Å². The Kier molecular flexibility index (Phi) is 4.05. The molecule has 0 spiro atoms. The van der Waals surface area contributed by atoms with Crippen molar-refractivity contribution in [2.24, 2.45) is 12.8 Å². The fourth-order valence-electron chi connectivity index (χ4n) is 2.97. The number of nitrogens with two attached hydrogens (primary N) is 1. The number of aromatic nitrogens is 2. The highest BCUT2D eigenvalue weighted by molar-refractivity contribution is 5.31. The summed E-state index contributed by atoms with van der Waals surface area (Å²) in [6.07, 6.45) is 5.94. The van der Waals surface area contributed by atoms with E-state index in [9.17, 15) is 0 Å². The normalized spacial score (nSPS) is 13.5. The van der Waals surface area contributed by atoms with Gasteiger partial charge in [-0.15, -0.1) is 0 Å². The Hall–Kier alpha value is -1.61. The first kappa shape index (κ1) is 13.8. The number of rotatable bonds is 5. The Balaban J connectivity index is 2.45. The van der Waals surface area contributed by atoms with E-state index >= 15 is 0 Å². The maximum atomic E-state index is 6.59. The fourth-order valence-corrected chi connectivity index (χ4v) is 2.97. The predicted octanol–water partition coefficient (Wildman–Crippen LogP) is 3.18. The van der Waals surface area contributed by atoms with Gasteiger partial charge in [0.15, 0.2) is 0 Å². The number of hydrogen-bond acceptors (Lipinski definition) is 2. The molecule has 0 aliphatic rings. The minimum absolute atomic E-state index is 0.0235. The summed E-state index contributed by atoms with van der Waals surface area (Å²) in [4.78, 5) is 0. The van der Waals surface area contributed by atoms with Crippen LogP contribution in [0.4, 0.5) is 0 Å². The third-order valence-corrected chi connectivity index (χ3v) is 4.29. The van der Waals surface area contributed by atoms with Crippen molar-refractivity contribution in [3.05, 3.63) is 53.9 Å². The van der Waals surface area contributed by atoms with E-state index in [1.54, 1.807) is 0 Å². The summed E-state index contributed by atoms with van der Waals surface area (Å²) in [7, 11) is 1.93. The molecule has 1 aromatic carbocycles. The van der Waals surface area contributed by atoms with Gasteiger partial charge in [-0.3, -0.25) is 4.68 Å². The molecule has 3 nitrogen and oxygen atoms in total. The average molecular weight is 257 g/mol. The highest BCUT2D eigenvalue weighted by atomic mass is 15.2. The third kappa shape index (κ3) is 2.43. The van der Waals surface area contributed by atoms with E-state index in [1.165, 1.54) is 5.56 Å². The van der Waals surface area contributed by atoms with Gasteiger partial charge >= 0.3 is 0 Å². The lowest BCUT2D eigenvalue weighted by Gasteiger charge is -2.38. The fraction of sp³-hybridized carbons (Fsp3) is 0.438. The van der Waals surface area contributed by atoms with Gasteiger partial charge in [0, 0.05) is 30.3 Å². The molecule has 3 heteroatoms. The number of nitrogens with zero attached hydrogens (tertiary/aromatic N) is 2. The van der Waals surface area contributed by atoms with Gasteiger partial charge in [0.25, 0.3) is 0 Å². The molecule has 0 aliphatic carbocycles. The average Bonchev–Trinajstić information content (AvgIpc) is 2.88. The van der Waals surface area contributed by atoms with Gasteiger partial charge in [-0.1, -0.05) is 44.2 Å². The summed E-state index contributed by atoms with van der Waals surface area (Å²) in [6.45, 7) is 4.43. The zero-order valence-electron chi connectivity index (χ0n) is 12.0. The first-order chi connectivity index (χ1) is 9.14. The topological polar surface area (TPSA) is 43.8 Å². The van der Waals surface area contributed by atoms with Gasteiger partial charge in [-0.05, 0) is 18.4 Å². The van der Waals surface area contributed by atoms with E-state index in [1.807, 2.05) is 24.1 Å². The van der Waals surface area contributed by atoms with Crippen LogP contribution in [0.25, 0.3) is 0 Å². The Labute approximate surface area is 115 Å². The highest BCUT2D eigenvalue weighted by Crippen LogP contribution is 2.41. The summed E-state index contributed by atoms with van der Waals surface area (Å²) in [5.41, 5.74) is 8.99. The van der Waals surface area contributed by atoms with Crippen LogP contribution in [0, 0.1) is 0 Å². The molecule has 1 aromatic heterocycles. The van der Waals surface area contributed by atoms with E-state index in [2.05, 4.69) is 49.3 Å². The standard InChI is InChI=1S/C16H23N3/c1-4-16(5-2,14-9-7-6-8-10-14)15(17)13-11-18-19(3)12-13/h6-12,15H,4-5,17H2,1-3H3. The van der Waals surface area contributed by atoms with Crippen molar-refractivity contribution in [3.8, 4) is 0 Å². The molecule has 1 unspecified atom stereocenters. The first-order valence-electron chi connectivity index (χ1n) is 6.93. The van der Waals surface area contributed by atoms with Crippen LogP contribution >= 0.6 is 0 Å². The molecule has 0 amide bonds. The van der Waals surface area contributed by atoms with Gasteiger partial charge in [0.05, 0.1) is 6.20 Å². The van der Waals surface area contributed by atoms with Crippen molar-refractivity contribution in [2.45, 2.75) is 38.1 Å². The van der Waals surface area contributed by atoms with Crippen LogP contribution in [0.2, 0.25) is 0 Å². The molecule has 0 fully saturated rings. The molecule has 2 rings (SSSR count). The summed E-state index contributed by atoms with van der Waals surface area (Å²) >= 11 is 0. The Morgan fingerprint density at radius 2 is 1.84 bits per heavy atom. The quantitative estimate of drug-likeness (QED) is 0.894. The van der Waals surface area contributed by atoms with E-state index in [0.717, 1.165) is 18.4 Å². The smallest absolute Gasteiger partial charge is 0.0537 e. The summed E-state index contributed by atoms with van der Waals surface area (Å²) in [5, 5.41) is 4.25. The monoisotopic (exact) mass is 257 g/mol. The Morgan fingerprint density at radius 1 is 1.21 bits per heavy atom. The highest BCUT2D eigenvalue weighted by Gasteiger charge is 2.36. The van der Waals surface area contributed by atoms with E-state index < -0.39 is 0 Å². The number of aryl methyl sites for hydroxylation is 1. The second kappa shape index (κ2) is 5.57. The maximum absolute atomic E-state index is 6.59. The van der Waals surface area contributed by atoms with Gasteiger partial charge < -0.3 is 5.73 Å². The molecular formula is C16H23N3. The van der Waals surface area contributed by atoms with Crippen molar-refractivity contribution in [3.63, 3.8) is 0 Å². The van der Waals surface area contributed by atoms with E-state index in [-0.39, 0.29) is 11.5 Å². The van der Waals surface area contributed by atoms with Gasteiger partial charge in [-0.2, -0.15) is 5.10 Å². The van der Waals surface area contributed by atoms with Crippen molar-refractivity contribution in [1.29, 1.82) is 0 Å². The number of hydrogen-bond donors (Lipinski definition) is 1. The molecular weight excluding hydrogens is 234 g/mol. The van der Waals surface area contributed by atoms with Crippen molar-refractivity contribution in [1.82, 2.24) is 9.78 Å². The summed E-state index contributed by atoms with van der Waals surface area (Å²) in [6, 6.07) is 10.6. The lowest BCUT2D eigenvalue weighted by molar-refractivity contribution is 0.322. The first-order valence-corrected chi connectivity index (χ1v) is 6.93. The Bertz CT molecular complexity index is 512. The molecule has 1 heterocycles. The second-order valence-electron chi connectivity index (χ2n) is 5.15. The van der Waals surface area contributed by atoms with Gasteiger partial charge in [0.1, 0.15) is 0 Å². The molecule has 0 bridgehead atoms. The van der Waals surface area contributed by atoms with Crippen LogP contribution in [0.3, 0.4) is 0 Å². The van der Waals surface area contributed by atoms with Crippen LogP contribution < -0.4 is 5.73 Å². The molecule has 19 heavy (non-hydrogen) atoms. The Morgan fingerprint density at radius 3 is 2.32 bits per heavy atom. The number of benzene rings is 1. The second-order valence-corrected chi connectivity index (χ2v) is 5.15. The SMILES string of the molecule is CCC(CC)(c1ccccc1)C(N)c1cnn(C)c1. The minimum Gasteiger partial charge on any atom is -0.323 e. The lowest BCUT2D eigenvalue weighted by atomic mass is 9.69. The van der Waals surface area contributed by atoms with E-state index in [4.69, 9.17) is 5.73 Å². The van der Waals surface area contributed by atoms with Crippen LogP contribution in [0.1, 0.15) is 43.9 Å². The molecule has 0 saturated heterocycles. The molecule has 1 atom stereocenters. The molecule has 0 saturated carbocycles. The molecule has 0 radical (unpaired) electrons. The largest absolute Gasteiger partial charge is 0.323 e. The van der Waals surface area contributed by atoms with Crippen LogP contribution in [0.5, 0.6) is 0 Å².